The van der Waals surface area contributed by atoms with Crippen LogP contribution in [0.3, 0.4) is 0 Å². The molecule has 0 amide bonds. The molecule has 1 aliphatic rings. The second kappa shape index (κ2) is 3.30. The number of carbonyl (C=O) groups is 1. The van der Waals surface area contributed by atoms with Gasteiger partial charge in [0.25, 0.3) is 0 Å². The maximum absolute atomic E-state index is 11.0. The highest BCUT2D eigenvalue weighted by atomic mass is 16.5. The van der Waals surface area contributed by atoms with Crippen LogP contribution >= 0.6 is 0 Å². The normalized spacial score (nSPS) is 39.2. The van der Waals surface area contributed by atoms with Crippen molar-refractivity contribution in [2.75, 3.05) is 13.2 Å². The van der Waals surface area contributed by atoms with Crippen LogP contribution in [0.25, 0.3) is 0 Å². The lowest BCUT2D eigenvalue weighted by Crippen LogP contribution is -2.47. The molecule has 4 nitrogen and oxygen atoms in total. The number of ether oxygens (including phenoxy) is 1. The quantitative estimate of drug-likeness (QED) is 0.513. The van der Waals surface area contributed by atoms with Crippen LogP contribution in [0.15, 0.2) is 0 Å². The highest BCUT2D eigenvalue weighted by molar-refractivity contribution is 5.88. The third-order valence-corrected chi connectivity index (χ3v) is 1.87. The molecule has 0 bridgehead atoms. The fraction of sp³-hybridized carbons (Fsp3) is 0.857. The Bertz CT molecular complexity index is 153. The van der Waals surface area contributed by atoms with Crippen molar-refractivity contribution >= 4 is 5.78 Å². The molecule has 1 heterocycles. The van der Waals surface area contributed by atoms with Crippen molar-refractivity contribution in [1.29, 1.82) is 0 Å². The molecule has 0 saturated carbocycles. The molecule has 0 radical (unpaired) electrons. The third kappa shape index (κ3) is 1.58. The Morgan fingerprint density at radius 3 is 2.91 bits per heavy atom. The average Bonchev–Trinajstić information content (AvgIpc) is 2.01. The van der Waals surface area contributed by atoms with Gasteiger partial charge in [-0.05, 0) is 0 Å². The first-order valence-electron chi connectivity index (χ1n) is 3.61. The summed E-state index contributed by atoms with van der Waals surface area (Å²) in [5, 5.41) is 17.8. The lowest BCUT2D eigenvalue weighted by Gasteiger charge is -2.28. The molecule has 1 aliphatic heterocycles. The first kappa shape index (κ1) is 8.64. The van der Waals surface area contributed by atoms with Crippen LogP contribution in [0.4, 0.5) is 0 Å². The van der Waals surface area contributed by atoms with Crippen LogP contribution in [0.1, 0.15) is 6.92 Å². The summed E-state index contributed by atoms with van der Waals surface area (Å²) < 4.78 is 4.96. The van der Waals surface area contributed by atoms with Crippen LogP contribution in [0.2, 0.25) is 0 Å². The molecule has 4 heteroatoms. The Hall–Kier alpha value is -0.450. The largest absolute Gasteiger partial charge is 0.393 e. The van der Waals surface area contributed by atoms with Gasteiger partial charge in [0.05, 0.1) is 13.2 Å². The Labute approximate surface area is 64.8 Å². The fourth-order valence-electron chi connectivity index (χ4n) is 1.05. The summed E-state index contributed by atoms with van der Waals surface area (Å²) in [6.07, 6.45) is -1.79. The molecule has 1 fully saturated rings. The molecule has 0 spiro atoms. The van der Waals surface area contributed by atoms with E-state index in [1.807, 2.05) is 0 Å². The van der Waals surface area contributed by atoms with Gasteiger partial charge in [0.2, 0.25) is 0 Å². The Morgan fingerprint density at radius 2 is 2.36 bits per heavy atom. The van der Waals surface area contributed by atoms with E-state index < -0.39 is 18.0 Å². The molecule has 0 aromatic carbocycles. The Morgan fingerprint density at radius 1 is 1.73 bits per heavy atom. The zero-order valence-corrected chi connectivity index (χ0v) is 6.36. The van der Waals surface area contributed by atoms with Gasteiger partial charge in [-0.1, -0.05) is 6.92 Å². The summed E-state index contributed by atoms with van der Waals surface area (Å²) in [4.78, 5) is 11.0. The van der Waals surface area contributed by atoms with Gasteiger partial charge in [-0.3, -0.25) is 4.79 Å². The summed E-state index contributed by atoms with van der Waals surface area (Å²) in [5.74, 6) is -0.573. The molecule has 3 unspecified atom stereocenters. The second-order valence-corrected chi connectivity index (χ2v) is 2.83. The summed E-state index contributed by atoms with van der Waals surface area (Å²) in [7, 11) is 0. The minimum absolute atomic E-state index is 0.162. The van der Waals surface area contributed by atoms with Gasteiger partial charge in [-0.25, -0.2) is 0 Å². The molecule has 0 aromatic rings. The molecule has 11 heavy (non-hydrogen) atoms. The van der Waals surface area contributed by atoms with Crippen molar-refractivity contribution in [2.45, 2.75) is 19.1 Å². The van der Waals surface area contributed by atoms with E-state index in [9.17, 15) is 9.90 Å². The van der Waals surface area contributed by atoms with E-state index in [1.54, 1.807) is 6.92 Å². The predicted molar refractivity (Wildman–Crippen MR) is 37.0 cm³/mol. The van der Waals surface area contributed by atoms with E-state index in [0.29, 0.717) is 6.61 Å². The fourth-order valence-corrected chi connectivity index (χ4v) is 1.05. The topological polar surface area (TPSA) is 66.8 Å². The van der Waals surface area contributed by atoms with E-state index >= 15 is 0 Å². The van der Waals surface area contributed by atoms with Crippen LogP contribution in [-0.2, 0) is 9.53 Å². The minimum Gasteiger partial charge on any atom is -0.393 e. The highest BCUT2D eigenvalue weighted by Gasteiger charge is 2.34. The maximum atomic E-state index is 11.0. The van der Waals surface area contributed by atoms with Gasteiger partial charge < -0.3 is 14.9 Å². The zero-order chi connectivity index (χ0) is 8.43. The van der Waals surface area contributed by atoms with Gasteiger partial charge in [-0.15, -0.1) is 0 Å². The molecule has 1 rings (SSSR count). The van der Waals surface area contributed by atoms with E-state index in [-0.39, 0.29) is 12.5 Å². The van der Waals surface area contributed by atoms with Crippen molar-refractivity contribution < 1.29 is 19.7 Å². The number of ketones is 1. The molecule has 64 valence electrons. The van der Waals surface area contributed by atoms with Gasteiger partial charge in [0.1, 0.15) is 12.2 Å². The maximum Gasteiger partial charge on any atom is 0.192 e. The predicted octanol–water partition coefficient (Wildman–Crippen LogP) is -1.06. The van der Waals surface area contributed by atoms with Gasteiger partial charge in [0.15, 0.2) is 5.78 Å². The second-order valence-electron chi connectivity index (χ2n) is 2.83. The highest BCUT2D eigenvalue weighted by Crippen LogP contribution is 2.15. The van der Waals surface area contributed by atoms with E-state index in [4.69, 9.17) is 9.84 Å². The van der Waals surface area contributed by atoms with E-state index in [1.165, 1.54) is 0 Å². The molecule has 1 saturated heterocycles. The Balaban J connectivity index is 2.59. The lowest BCUT2D eigenvalue weighted by molar-refractivity contribution is -0.157. The van der Waals surface area contributed by atoms with Crippen LogP contribution in [0.5, 0.6) is 0 Å². The summed E-state index contributed by atoms with van der Waals surface area (Å²) in [6.45, 7) is 1.72. The number of carbonyl (C=O) groups excluding carboxylic acids is 1. The lowest BCUT2D eigenvalue weighted by atomic mass is 9.96. The first-order valence-corrected chi connectivity index (χ1v) is 3.61. The van der Waals surface area contributed by atoms with Gasteiger partial charge in [-0.2, -0.15) is 0 Å². The number of hydrogen-bond donors (Lipinski definition) is 2. The SMILES string of the molecule is CC1COC(CO)C(=O)C1O. The van der Waals surface area contributed by atoms with Crippen LogP contribution in [-0.4, -0.2) is 41.4 Å². The van der Waals surface area contributed by atoms with Crippen molar-refractivity contribution in [2.24, 2.45) is 5.92 Å². The van der Waals surface area contributed by atoms with Crippen LogP contribution < -0.4 is 0 Å². The van der Waals surface area contributed by atoms with Gasteiger partial charge >= 0.3 is 0 Å². The molecular weight excluding hydrogens is 148 g/mol. The standard InChI is InChI=1S/C7H12O4/c1-4-3-11-5(2-8)7(10)6(4)9/h4-6,8-9H,2-3H2,1H3. The number of aliphatic hydroxyl groups is 2. The summed E-state index contributed by atoms with van der Waals surface area (Å²) >= 11 is 0. The summed E-state index contributed by atoms with van der Waals surface area (Å²) in [5.41, 5.74) is 0. The Kier molecular flexibility index (Phi) is 2.59. The minimum atomic E-state index is -0.971. The molecular formula is C7H12O4. The molecule has 0 aliphatic carbocycles. The smallest absolute Gasteiger partial charge is 0.192 e. The first-order chi connectivity index (χ1) is 5.16. The van der Waals surface area contributed by atoms with Crippen LogP contribution in [0, 0.1) is 5.92 Å². The third-order valence-electron chi connectivity index (χ3n) is 1.87. The number of aliphatic hydroxyl groups excluding tert-OH is 2. The van der Waals surface area contributed by atoms with Gasteiger partial charge in [0, 0.05) is 5.92 Å². The monoisotopic (exact) mass is 160 g/mol. The van der Waals surface area contributed by atoms with E-state index in [0.717, 1.165) is 0 Å². The molecule has 0 aromatic heterocycles. The van der Waals surface area contributed by atoms with Crippen molar-refractivity contribution in [3.05, 3.63) is 0 Å². The van der Waals surface area contributed by atoms with Crippen molar-refractivity contribution in [3.8, 4) is 0 Å². The molecule has 2 N–H and O–H groups in total. The average molecular weight is 160 g/mol. The summed E-state index contributed by atoms with van der Waals surface area (Å²) in [6, 6.07) is 0. The zero-order valence-electron chi connectivity index (χ0n) is 6.36. The van der Waals surface area contributed by atoms with E-state index in [2.05, 4.69) is 0 Å². The van der Waals surface area contributed by atoms with Crippen molar-refractivity contribution in [3.63, 3.8) is 0 Å². The van der Waals surface area contributed by atoms with Crippen molar-refractivity contribution in [1.82, 2.24) is 0 Å². The number of hydrogen-bond acceptors (Lipinski definition) is 4. The number of Topliss-reactive ketones (excluding diaryl/α,β-unsaturated/α-hetero) is 1. The molecule has 3 atom stereocenters. The number of rotatable bonds is 1.